The normalized spacial score (nSPS) is 12.9. The first-order valence-corrected chi connectivity index (χ1v) is 10.8. The maximum Gasteiger partial charge on any atom is 0.193 e. The zero-order valence-electron chi connectivity index (χ0n) is 16.2. The van der Waals surface area contributed by atoms with E-state index < -0.39 is 0 Å². The van der Waals surface area contributed by atoms with Gasteiger partial charge in [-0.15, -0.1) is 11.3 Å². The highest BCUT2D eigenvalue weighted by atomic mass is 32.2. The highest BCUT2D eigenvalue weighted by Gasteiger charge is 2.12. The smallest absolute Gasteiger partial charge is 0.193 e. The molecule has 148 valence electrons. The lowest BCUT2D eigenvalue weighted by atomic mass is 10.2. The van der Waals surface area contributed by atoms with E-state index in [1.807, 2.05) is 31.0 Å². The summed E-state index contributed by atoms with van der Waals surface area (Å²) in [4.78, 5) is 11.0. The number of nitrogens with zero attached hydrogens (tertiary/aromatic N) is 3. The van der Waals surface area contributed by atoms with E-state index in [1.54, 1.807) is 43.3 Å². The fraction of sp³-hybridized carbons (Fsp3) is 0.474. The minimum Gasteiger partial charge on any atom is -0.375 e. The van der Waals surface area contributed by atoms with Crippen LogP contribution in [-0.4, -0.2) is 49.3 Å². The lowest BCUT2D eigenvalue weighted by Gasteiger charge is -2.21. The van der Waals surface area contributed by atoms with Gasteiger partial charge in [0, 0.05) is 44.6 Å². The fourth-order valence-electron chi connectivity index (χ4n) is 2.42. The Morgan fingerprint density at radius 1 is 1.44 bits per heavy atom. The number of aromatic nitrogens is 1. The largest absolute Gasteiger partial charge is 0.375 e. The van der Waals surface area contributed by atoms with Gasteiger partial charge < -0.3 is 15.0 Å². The molecule has 1 aromatic carbocycles. The molecule has 1 heterocycles. The molecule has 0 radical (unpaired) electrons. The van der Waals surface area contributed by atoms with Crippen molar-refractivity contribution in [2.45, 2.75) is 25.3 Å². The van der Waals surface area contributed by atoms with Crippen LogP contribution in [0.1, 0.15) is 29.3 Å². The number of benzene rings is 1. The van der Waals surface area contributed by atoms with Crippen molar-refractivity contribution in [1.82, 2.24) is 15.2 Å². The quantitative estimate of drug-likeness (QED) is 0.386. The molecule has 8 heteroatoms. The van der Waals surface area contributed by atoms with Crippen molar-refractivity contribution in [2.24, 2.45) is 4.99 Å². The first-order valence-electron chi connectivity index (χ1n) is 8.75. The summed E-state index contributed by atoms with van der Waals surface area (Å²) in [5, 5.41) is 6.38. The predicted molar refractivity (Wildman–Crippen MR) is 113 cm³/mol. The zero-order valence-corrected chi connectivity index (χ0v) is 17.9. The molecular weight excluding hydrogens is 383 g/mol. The van der Waals surface area contributed by atoms with E-state index in [0.717, 1.165) is 34.5 Å². The zero-order chi connectivity index (χ0) is 19.6. The van der Waals surface area contributed by atoms with Crippen molar-refractivity contribution < 1.29 is 9.13 Å². The predicted octanol–water partition coefficient (Wildman–Crippen LogP) is 3.93. The Morgan fingerprint density at radius 2 is 2.22 bits per heavy atom. The minimum absolute atomic E-state index is 0.0120. The summed E-state index contributed by atoms with van der Waals surface area (Å²) in [5.41, 5.74) is 1.74. The van der Waals surface area contributed by atoms with E-state index >= 15 is 0 Å². The molecule has 0 aliphatic heterocycles. The molecule has 1 aromatic heterocycles. The average Bonchev–Trinajstić information content (AvgIpc) is 3.13. The second kappa shape index (κ2) is 11.3. The van der Waals surface area contributed by atoms with Crippen LogP contribution in [0.5, 0.6) is 0 Å². The molecule has 0 aliphatic rings. The van der Waals surface area contributed by atoms with Crippen LogP contribution in [0.4, 0.5) is 4.39 Å². The summed E-state index contributed by atoms with van der Waals surface area (Å²) in [6.07, 6.45) is 0.0120. The second-order valence-corrected chi connectivity index (χ2v) is 8.02. The van der Waals surface area contributed by atoms with E-state index in [2.05, 4.69) is 20.7 Å². The third-order valence-corrected chi connectivity index (χ3v) is 6.05. The van der Waals surface area contributed by atoms with Crippen LogP contribution in [-0.2, 0) is 17.0 Å². The van der Waals surface area contributed by atoms with Crippen molar-refractivity contribution >= 4 is 29.1 Å². The molecule has 2 rings (SSSR count). The number of hydrogen-bond donors (Lipinski definition) is 1. The van der Waals surface area contributed by atoms with Crippen LogP contribution in [0.25, 0.3) is 0 Å². The van der Waals surface area contributed by atoms with E-state index in [9.17, 15) is 4.39 Å². The number of methoxy groups -OCH3 is 1. The topological polar surface area (TPSA) is 49.8 Å². The molecular formula is C19H27FN4OS2. The van der Waals surface area contributed by atoms with Gasteiger partial charge in [0.05, 0.1) is 12.2 Å². The van der Waals surface area contributed by atoms with E-state index in [4.69, 9.17) is 4.74 Å². The highest BCUT2D eigenvalue weighted by Crippen LogP contribution is 2.21. The number of rotatable bonds is 9. The van der Waals surface area contributed by atoms with Gasteiger partial charge in [0.2, 0.25) is 0 Å². The number of hydrogen-bond acceptors (Lipinski definition) is 5. The van der Waals surface area contributed by atoms with E-state index in [-0.39, 0.29) is 11.9 Å². The SMILES string of the molecule is CN=C(NCCSCc1ccccc1F)N(C)Cc1csc(C(C)OC)n1. The third kappa shape index (κ3) is 6.79. The minimum atomic E-state index is -0.140. The maximum absolute atomic E-state index is 13.6. The van der Waals surface area contributed by atoms with Crippen molar-refractivity contribution in [3.8, 4) is 0 Å². The first kappa shape index (κ1) is 21.7. The lowest BCUT2D eigenvalue weighted by Crippen LogP contribution is -2.39. The number of halogens is 1. The number of thiazole rings is 1. The van der Waals surface area contributed by atoms with Gasteiger partial charge in [-0.3, -0.25) is 4.99 Å². The molecule has 0 saturated heterocycles. The lowest BCUT2D eigenvalue weighted by molar-refractivity contribution is 0.119. The van der Waals surface area contributed by atoms with Crippen LogP contribution >= 0.6 is 23.1 Å². The van der Waals surface area contributed by atoms with Crippen LogP contribution in [0.2, 0.25) is 0 Å². The van der Waals surface area contributed by atoms with Crippen LogP contribution in [0.15, 0.2) is 34.6 Å². The summed E-state index contributed by atoms with van der Waals surface area (Å²) in [7, 11) is 5.44. The fourth-order valence-corrected chi connectivity index (χ4v) is 4.10. The molecule has 0 amide bonds. The van der Waals surface area contributed by atoms with Crippen molar-refractivity contribution in [2.75, 3.05) is 33.5 Å². The maximum atomic E-state index is 13.6. The number of thioether (sulfide) groups is 1. The van der Waals surface area contributed by atoms with Gasteiger partial charge in [-0.25, -0.2) is 9.37 Å². The molecule has 0 spiro atoms. The van der Waals surface area contributed by atoms with Gasteiger partial charge in [-0.05, 0) is 18.6 Å². The summed E-state index contributed by atoms with van der Waals surface area (Å²) >= 11 is 3.31. The summed E-state index contributed by atoms with van der Waals surface area (Å²) in [5.74, 6) is 2.21. The highest BCUT2D eigenvalue weighted by molar-refractivity contribution is 7.98. The second-order valence-electron chi connectivity index (χ2n) is 6.03. The number of nitrogens with one attached hydrogen (secondary N) is 1. The Morgan fingerprint density at radius 3 is 2.93 bits per heavy atom. The van der Waals surface area contributed by atoms with E-state index in [0.29, 0.717) is 12.3 Å². The Hall–Kier alpha value is -1.64. The number of aliphatic imine (C=N–C) groups is 1. The van der Waals surface area contributed by atoms with Gasteiger partial charge in [-0.2, -0.15) is 11.8 Å². The van der Waals surface area contributed by atoms with Crippen molar-refractivity contribution in [3.63, 3.8) is 0 Å². The van der Waals surface area contributed by atoms with Gasteiger partial charge in [0.25, 0.3) is 0 Å². The van der Waals surface area contributed by atoms with Crippen LogP contribution in [0, 0.1) is 5.82 Å². The molecule has 0 saturated carbocycles. The Balaban J connectivity index is 1.74. The number of guanidine groups is 1. The monoisotopic (exact) mass is 410 g/mol. The van der Waals surface area contributed by atoms with Crippen molar-refractivity contribution in [1.29, 1.82) is 0 Å². The molecule has 2 aromatic rings. The standard InChI is InChI=1S/C19H27FN4OS2/c1-14(25-4)18-23-16(13-27-18)11-24(3)19(21-2)22-9-10-26-12-15-7-5-6-8-17(15)20/h5-8,13-14H,9-12H2,1-4H3,(H,21,22). The van der Waals surface area contributed by atoms with Gasteiger partial charge in [-0.1, -0.05) is 18.2 Å². The molecule has 1 N–H and O–H groups in total. The van der Waals surface area contributed by atoms with Crippen LogP contribution < -0.4 is 5.32 Å². The van der Waals surface area contributed by atoms with Gasteiger partial charge in [0.1, 0.15) is 16.9 Å². The third-order valence-electron chi connectivity index (χ3n) is 3.99. The summed E-state index contributed by atoms with van der Waals surface area (Å²) in [6.45, 7) is 3.43. The average molecular weight is 411 g/mol. The Labute approximate surface area is 169 Å². The molecule has 0 bridgehead atoms. The molecule has 0 aliphatic carbocycles. The van der Waals surface area contributed by atoms with Crippen molar-refractivity contribution in [3.05, 3.63) is 51.7 Å². The van der Waals surface area contributed by atoms with Gasteiger partial charge in [0.15, 0.2) is 5.96 Å². The Bertz CT molecular complexity index is 738. The first-order chi connectivity index (χ1) is 13.0. The summed E-state index contributed by atoms with van der Waals surface area (Å²) in [6, 6.07) is 6.91. The molecule has 1 unspecified atom stereocenters. The van der Waals surface area contributed by atoms with Crippen LogP contribution in [0.3, 0.4) is 0 Å². The Kier molecular flexibility index (Phi) is 9.03. The number of ether oxygens (including phenoxy) is 1. The van der Waals surface area contributed by atoms with Gasteiger partial charge >= 0.3 is 0 Å². The van der Waals surface area contributed by atoms with E-state index in [1.165, 1.54) is 6.07 Å². The summed E-state index contributed by atoms with van der Waals surface area (Å²) < 4.78 is 18.9. The molecule has 0 fully saturated rings. The molecule has 5 nitrogen and oxygen atoms in total. The molecule has 27 heavy (non-hydrogen) atoms. The molecule has 1 atom stereocenters.